The molecule has 0 heterocycles. The van der Waals surface area contributed by atoms with E-state index in [-0.39, 0.29) is 3.79 Å². The molecule has 0 atom stereocenters. The van der Waals surface area contributed by atoms with Gasteiger partial charge in [0.25, 0.3) is 0 Å². The standard InChI is InChI=1S/C17H18I2O2/c1-21-16-10-8-14(9-11-16)13-15(17(19)20)7-5-3-2-4-6-12-18/h3,5-6,8-13H,2,4,7H2,1H3/b5-3+,12-6-,15-13+. The number of allylic oxidation sites excluding steroid dienone is 4. The van der Waals surface area contributed by atoms with Crippen molar-refractivity contribution in [3.63, 3.8) is 0 Å². The van der Waals surface area contributed by atoms with E-state index < -0.39 is 0 Å². The minimum Gasteiger partial charge on any atom is -0.497 e. The molecule has 0 aromatic heterocycles. The Kier molecular flexibility index (Phi) is 9.65. The Morgan fingerprint density at radius 2 is 1.81 bits per heavy atom. The maximum atomic E-state index is 11.7. The number of benzene rings is 1. The first-order valence-electron chi connectivity index (χ1n) is 6.62. The summed E-state index contributed by atoms with van der Waals surface area (Å²) in [7, 11) is 1.64. The molecule has 0 bridgehead atoms. The van der Waals surface area contributed by atoms with E-state index >= 15 is 0 Å². The number of rotatable bonds is 8. The van der Waals surface area contributed by atoms with E-state index in [9.17, 15) is 4.79 Å². The molecule has 0 spiro atoms. The second-order valence-electron chi connectivity index (χ2n) is 4.33. The second-order valence-corrected chi connectivity index (χ2v) is 6.03. The number of unbranched alkanes of at least 4 members (excludes halogenated alkanes) is 1. The summed E-state index contributed by atoms with van der Waals surface area (Å²) in [5.41, 5.74) is 1.82. The Morgan fingerprint density at radius 1 is 1.14 bits per heavy atom. The van der Waals surface area contributed by atoms with E-state index in [1.807, 2.05) is 57.0 Å². The van der Waals surface area contributed by atoms with E-state index in [1.165, 1.54) is 0 Å². The third kappa shape index (κ3) is 7.80. The number of carbonyl (C=O) groups excluding carboxylic acids is 1. The fourth-order valence-electron chi connectivity index (χ4n) is 1.68. The maximum Gasteiger partial charge on any atom is 0.218 e. The van der Waals surface area contributed by atoms with Gasteiger partial charge in [0, 0.05) is 28.2 Å². The normalized spacial score (nSPS) is 12.2. The zero-order valence-electron chi connectivity index (χ0n) is 11.9. The molecule has 0 fully saturated rings. The van der Waals surface area contributed by atoms with E-state index in [4.69, 9.17) is 4.74 Å². The third-order valence-electron chi connectivity index (χ3n) is 2.80. The van der Waals surface area contributed by atoms with Gasteiger partial charge in [-0.1, -0.05) is 53.0 Å². The van der Waals surface area contributed by atoms with Crippen molar-refractivity contribution in [3.05, 3.63) is 57.7 Å². The number of ether oxygens (including phenoxy) is 1. The van der Waals surface area contributed by atoms with Crippen LogP contribution in [0.2, 0.25) is 0 Å². The van der Waals surface area contributed by atoms with Gasteiger partial charge in [-0.3, -0.25) is 4.79 Å². The molecule has 0 unspecified atom stereocenters. The van der Waals surface area contributed by atoms with Crippen LogP contribution in [0, 0.1) is 0 Å². The molecule has 1 rings (SSSR count). The van der Waals surface area contributed by atoms with Gasteiger partial charge in [-0.2, -0.15) is 0 Å². The highest BCUT2D eigenvalue weighted by Gasteiger charge is 2.03. The van der Waals surface area contributed by atoms with Gasteiger partial charge in [0.15, 0.2) is 0 Å². The highest BCUT2D eigenvalue weighted by molar-refractivity contribution is 14.1. The lowest BCUT2D eigenvalue weighted by Crippen LogP contribution is -1.91. The molecule has 1 aromatic rings. The Bertz CT molecular complexity index is 528. The van der Waals surface area contributed by atoms with Crippen molar-refractivity contribution >= 4 is 55.0 Å². The van der Waals surface area contributed by atoms with Crippen LogP contribution in [0.3, 0.4) is 0 Å². The molecule has 0 saturated heterocycles. The lowest BCUT2D eigenvalue weighted by Gasteiger charge is -2.02. The van der Waals surface area contributed by atoms with Crippen LogP contribution in [-0.4, -0.2) is 10.9 Å². The van der Waals surface area contributed by atoms with Crippen LogP contribution >= 0.6 is 45.2 Å². The summed E-state index contributed by atoms with van der Waals surface area (Å²) in [6.07, 6.45) is 11.0. The predicted octanol–water partition coefficient (Wildman–Crippen LogP) is 5.72. The van der Waals surface area contributed by atoms with Gasteiger partial charge in [0.2, 0.25) is 3.79 Å². The molecule has 21 heavy (non-hydrogen) atoms. The summed E-state index contributed by atoms with van der Waals surface area (Å²) in [5.74, 6) is 0.817. The van der Waals surface area contributed by atoms with Gasteiger partial charge in [-0.25, -0.2) is 0 Å². The highest BCUT2D eigenvalue weighted by atomic mass is 127. The molecule has 0 aliphatic rings. The van der Waals surface area contributed by atoms with Crippen molar-refractivity contribution in [1.82, 2.24) is 0 Å². The molecule has 0 N–H and O–H groups in total. The summed E-state index contributed by atoms with van der Waals surface area (Å²) in [4.78, 5) is 11.7. The lowest BCUT2D eigenvalue weighted by atomic mass is 10.1. The second kappa shape index (κ2) is 11.0. The Hall–Kier alpha value is -0.630. The summed E-state index contributed by atoms with van der Waals surface area (Å²) in [6.45, 7) is 0. The Balaban J connectivity index is 2.67. The number of carbonyl (C=O) groups is 1. The van der Waals surface area contributed by atoms with Crippen molar-refractivity contribution in [2.75, 3.05) is 7.11 Å². The molecule has 112 valence electrons. The first kappa shape index (κ1) is 18.4. The number of hydrogen-bond donors (Lipinski definition) is 0. The van der Waals surface area contributed by atoms with Crippen molar-refractivity contribution < 1.29 is 9.53 Å². The Morgan fingerprint density at radius 3 is 2.38 bits per heavy atom. The van der Waals surface area contributed by atoms with Gasteiger partial charge in [0.05, 0.1) is 7.11 Å². The van der Waals surface area contributed by atoms with E-state index in [0.717, 1.165) is 29.7 Å². The van der Waals surface area contributed by atoms with Gasteiger partial charge in [0.1, 0.15) is 5.75 Å². The monoisotopic (exact) mass is 508 g/mol. The van der Waals surface area contributed by atoms with Crippen molar-refractivity contribution in [3.8, 4) is 5.75 Å². The van der Waals surface area contributed by atoms with Crippen LogP contribution in [0.4, 0.5) is 0 Å². The molecule has 0 aliphatic heterocycles. The molecule has 0 saturated carbocycles. The molecule has 0 amide bonds. The van der Waals surface area contributed by atoms with Crippen LogP contribution in [0.5, 0.6) is 5.75 Å². The number of halogens is 2. The highest BCUT2D eigenvalue weighted by Crippen LogP contribution is 2.18. The largest absolute Gasteiger partial charge is 0.497 e. The van der Waals surface area contributed by atoms with Crippen molar-refractivity contribution in [2.24, 2.45) is 0 Å². The Labute approximate surface area is 153 Å². The molecule has 4 heteroatoms. The first-order chi connectivity index (χ1) is 10.2. The smallest absolute Gasteiger partial charge is 0.218 e. The lowest BCUT2D eigenvalue weighted by molar-refractivity contribution is -0.106. The fraction of sp³-hybridized carbons (Fsp3) is 0.235. The van der Waals surface area contributed by atoms with Crippen LogP contribution in [-0.2, 0) is 4.79 Å². The summed E-state index contributed by atoms with van der Waals surface area (Å²) < 4.78 is 7.23. The molecule has 2 nitrogen and oxygen atoms in total. The number of methoxy groups -OCH3 is 1. The van der Waals surface area contributed by atoms with Gasteiger partial charge in [-0.05, 0) is 47.1 Å². The zero-order valence-corrected chi connectivity index (χ0v) is 16.2. The van der Waals surface area contributed by atoms with E-state index in [0.29, 0.717) is 6.42 Å². The van der Waals surface area contributed by atoms with Crippen molar-refractivity contribution in [2.45, 2.75) is 19.3 Å². The average molecular weight is 508 g/mol. The third-order valence-corrected chi connectivity index (χ3v) is 4.00. The van der Waals surface area contributed by atoms with Crippen LogP contribution < -0.4 is 4.74 Å². The van der Waals surface area contributed by atoms with Crippen molar-refractivity contribution in [1.29, 1.82) is 0 Å². The molecule has 0 radical (unpaired) electrons. The summed E-state index contributed by atoms with van der Waals surface area (Å²) in [6, 6.07) is 7.70. The summed E-state index contributed by atoms with van der Waals surface area (Å²) >= 11 is 4.06. The number of hydrogen-bond acceptors (Lipinski definition) is 2. The van der Waals surface area contributed by atoms with Gasteiger partial charge >= 0.3 is 0 Å². The molecular weight excluding hydrogens is 490 g/mol. The molecule has 0 aliphatic carbocycles. The SMILES string of the molecule is COc1ccc(/C=C(\C/C=C/CC/C=C\I)C(=O)I)cc1. The fourth-order valence-corrected chi connectivity index (χ4v) is 2.42. The average Bonchev–Trinajstić information content (AvgIpc) is 2.50. The molecular formula is C17H18I2O2. The quantitative estimate of drug-likeness (QED) is 0.148. The zero-order chi connectivity index (χ0) is 15.5. The minimum absolute atomic E-state index is 0.0835. The van der Waals surface area contributed by atoms with Crippen LogP contribution in [0.25, 0.3) is 6.08 Å². The van der Waals surface area contributed by atoms with Gasteiger partial charge in [-0.15, -0.1) is 0 Å². The maximum absolute atomic E-state index is 11.7. The summed E-state index contributed by atoms with van der Waals surface area (Å²) in [5, 5.41) is 0. The van der Waals surface area contributed by atoms with E-state index in [1.54, 1.807) is 7.11 Å². The molecule has 1 aromatic carbocycles. The van der Waals surface area contributed by atoms with Crippen LogP contribution in [0.15, 0.2) is 52.1 Å². The van der Waals surface area contributed by atoms with Crippen LogP contribution in [0.1, 0.15) is 24.8 Å². The topological polar surface area (TPSA) is 26.3 Å². The van der Waals surface area contributed by atoms with Gasteiger partial charge < -0.3 is 4.74 Å². The minimum atomic E-state index is 0.0835. The first-order valence-corrected chi connectivity index (χ1v) is 8.94. The van der Waals surface area contributed by atoms with E-state index in [2.05, 4.69) is 40.8 Å². The predicted molar refractivity (Wildman–Crippen MR) is 106 cm³/mol.